The van der Waals surface area contributed by atoms with E-state index < -0.39 is 46.5 Å². The van der Waals surface area contributed by atoms with Gasteiger partial charge in [0.1, 0.15) is 11.6 Å². The van der Waals surface area contributed by atoms with Crippen molar-refractivity contribution in [1.29, 1.82) is 5.26 Å². The van der Waals surface area contributed by atoms with Crippen LogP contribution in [0.1, 0.15) is 18.7 Å². The van der Waals surface area contributed by atoms with Crippen LogP contribution in [0, 0.1) is 40.4 Å². The summed E-state index contributed by atoms with van der Waals surface area (Å²) in [5.74, 6) is -11.4. The van der Waals surface area contributed by atoms with E-state index in [0.29, 0.717) is 15.1 Å². The lowest BCUT2D eigenvalue weighted by Crippen LogP contribution is -2.42. The van der Waals surface area contributed by atoms with Gasteiger partial charge >= 0.3 is 0 Å². The molecule has 0 fully saturated rings. The van der Waals surface area contributed by atoms with Crippen LogP contribution in [0.2, 0.25) is 0 Å². The summed E-state index contributed by atoms with van der Waals surface area (Å²) in [6, 6.07) is 4.68. The van der Waals surface area contributed by atoms with Crippen molar-refractivity contribution >= 4 is 39.4 Å². The summed E-state index contributed by atoms with van der Waals surface area (Å²) in [5, 5.41) is 9.34. The largest absolute Gasteiger partial charge is 0.343 e. The van der Waals surface area contributed by atoms with Crippen molar-refractivity contribution in [2.24, 2.45) is 7.05 Å². The third-order valence-corrected chi connectivity index (χ3v) is 6.66. The fourth-order valence-corrected chi connectivity index (χ4v) is 4.90. The number of aromatic nitrogens is 1. The van der Waals surface area contributed by atoms with Crippen molar-refractivity contribution in [3.05, 3.63) is 62.8 Å². The number of nitriles is 1. The molecule has 0 spiro atoms. The van der Waals surface area contributed by atoms with Crippen LogP contribution < -0.4 is 0 Å². The molecule has 34 heavy (non-hydrogen) atoms. The average Bonchev–Trinajstić information content (AvgIpc) is 3.33. The first-order valence-corrected chi connectivity index (χ1v) is 10.6. The van der Waals surface area contributed by atoms with Gasteiger partial charge in [-0.3, -0.25) is 14.5 Å². The van der Waals surface area contributed by atoms with Crippen LogP contribution >= 0.6 is 11.3 Å². The van der Waals surface area contributed by atoms with E-state index in [-0.39, 0.29) is 29.0 Å². The second-order valence-corrected chi connectivity index (χ2v) is 8.57. The predicted octanol–water partition coefficient (Wildman–Crippen LogP) is 5.21. The van der Waals surface area contributed by atoms with E-state index in [1.165, 1.54) is 30.7 Å². The number of likely N-dealkylation sites (N-methyl/N-ethyl adjacent to an activating group) is 1. The first kappa shape index (κ1) is 23.4. The highest BCUT2D eigenvalue weighted by Gasteiger charge is 2.34. The molecule has 0 aliphatic carbocycles. The lowest BCUT2D eigenvalue weighted by Gasteiger charge is -2.26. The molecule has 0 unspecified atom stereocenters. The predicted molar refractivity (Wildman–Crippen MR) is 115 cm³/mol. The number of imide groups is 1. The number of carbonyl (C=O) groups excluding carboxylic acids is 2. The summed E-state index contributed by atoms with van der Waals surface area (Å²) < 4.78 is 71.1. The Morgan fingerprint density at radius 1 is 1.00 bits per heavy atom. The van der Waals surface area contributed by atoms with Crippen molar-refractivity contribution in [3.8, 4) is 17.3 Å². The summed E-state index contributed by atoms with van der Waals surface area (Å²) in [7, 11) is 1.40. The lowest BCUT2D eigenvalue weighted by atomic mass is 9.95. The van der Waals surface area contributed by atoms with Crippen LogP contribution in [-0.4, -0.2) is 27.8 Å². The molecule has 3 aromatic rings. The molecule has 5 nitrogen and oxygen atoms in total. The third kappa shape index (κ3) is 3.25. The number of thiophene rings is 1. The lowest BCUT2D eigenvalue weighted by molar-refractivity contribution is -0.140. The minimum absolute atomic E-state index is 0.0746. The molecule has 2 amide bonds. The SMILES string of the molecule is CCN1C(=O)C(C#N)=C(C)/C(=C/c2cc3c(cc(-c4c(F)c(F)c(F)c(F)c4F)n3C)s2)C1=O. The van der Waals surface area contributed by atoms with E-state index >= 15 is 0 Å². The zero-order valence-corrected chi connectivity index (χ0v) is 18.7. The zero-order chi connectivity index (χ0) is 25.1. The van der Waals surface area contributed by atoms with Crippen LogP contribution in [0.4, 0.5) is 22.0 Å². The van der Waals surface area contributed by atoms with E-state index in [1.54, 1.807) is 13.0 Å². The number of nitrogens with zero attached hydrogens (tertiary/aromatic N) is 3. The molecule has 3 heterocycles. The molecule has 0 atom stereocenters. The highest BCUT2D eigenvalue weighted by atomic mass is 32.1. The number of hydrogen-bond donors (Lipinski definition) is 0. The number of fused-ring (bicyclic) bond motifs is 1. The Hall–Kier alpha value is -3.78. The molecule has 0 saturated carbocycles. The molecule has 11 heteroatoms. The van der Waals surface area contributed by atoms with Gasteiger partial charge in [0.05, 0.1) is 21.5 Å². The fourth-order valence-electron chi connectivity index (χ4n) is 3.83. The Balaban J connectivity index is 1.86. The van der Waals surface area contributed by atoms with Crippen LogP contribution in [0.3, 0.4) is 0 Å². The molecule has 4 rings (SSSR count). The highest BCUT2D eigenvalue weighted by Crippen LogP contribution is 2.38. The van der Waals surface area contributed by atoms with E-state index in [1.807, 2.05) is 6.07 Å². The Bertz CT molecular complexity index is 1490. The number of aryl methyl sites for hydroxylation is 1. The molecule has 0 saturated heterocycles. The maximum atomic E-state index is 14.3. The minimum Gasteiger partial charge on any atom is -0.343 e. The number of hydrogen-bond acceptors (Lipinski definition) is 4. The van der Waals surface area contributed by atoms with Crippen molar-refractivity contribution < 1.29 is 31.5 Å². The number of carbonyl (C=O) groups is 2. The topological polar surface area (TPSA) is 66.1 Å². The average molecular weight is 491 g/mol. The molecule has 0 bridgehead atoms. The van der Waals surface area contributed by atoms with Crippen molar-refractivity contribution in [3.63, 3.8) is 0 Å². The molecule has 174 valence electrons. The summed E-state index contributed by atoms with van der Waals surface area (Å²) >= 11 is 1.10. The normalized spacial score (nSPS) is 15.7. The van der Waals surface area contributed by atoms with Gasteiger partial charge in [0.25, 0.3) is 11.8 Å². The fraction of sp³-hybridized carbons (Fsp3) is 0.174. The van der Waals surface area contributed by atoms with Crippen LogP contribution in [0.5, 0.6) is 0 Å². The summed E-state index contributed by atoms with van der Waals surface area (Å²) in [5.41, 5.74) is -0.620. The Morgan fingerprint density at radius 3 is 2.12 bits per heavy atom. The van der Waals surface area contributed by atoms with Crippen LogP contribution in [-0.2, 0) is 16.6 Å². The molecule has 0 radical (unpaired) electrons. The number of rotatable bonds is 3. The third-order valence-electron chi connectivity index (χ3n) is 5.64. The smallest absolute Gasteiger partial charge is 0.271 e. The molecule has 1 aliphatic heterocycles. The van der Waals surface area contributed by atoms with Gasteiger partial charge in [-0.2, -0.15) is 5.26 Å². The van der Waals surface area contributed by atoms with Crippen LogP contribution in [0.25, 0.3) is 27.6 Å². The van der Waals surface area contributed by atoms with Gasteiger partial charge in [-0.25, -0.2) is 22.0 Å². The minimum atomic E-state index is -2.24. The summed E-state index contributed by atoms with van der Waals surface area (Å²) in [6.07, 6.45) is 1.49. The van der Waals surface area contributed by atoms with Gasteiger partial charge in [-0.05, 0) is 37.6 Å². The van der Waals surface area contributed by atoms with E-state index in [2.05, 4.69) is 0 Å². The molecule has 0 N–H and O–H groups in total. The summed E-state index contributed by atoms with van der Waals surface area (Å²) in [4.78, 5) is 26.6. The number of halogens is 5. The summed E-state index contributed by atoms with van der Waals surface area (Å²) in [6.45, 7) is 3.16. The second-order valence-electron chi connectivity index (χ2n) is 7.46. The van der Waals surface area contributed by atoms with Gasteiger partial charge in [0.15, 0.2) is 23.3 Å². The van der Waals surface area contributed by atoms with Gasteiger partial charge in [-0.15, -0.1) is 11.3 Å². The Labute approximate surface area is 193 Å². The van der Waals surface area contributed by atoms with Gasteiger partial charge in [0, 0.05) is 24.0 Å². The molecule has 2 aromatic heterocycles. The number of amides is 2. The first-order valence-electron chi connectivity index (χ1n) is 9.83. The van der Waals surface area contributed by atoms with Crippen molar-refractivity contribution in [2.45, 2.75) is 13.8 Å². The van der Waals surface area contributed by atoms with E-state index in [0.717, 1.165) is 16.2 Å². The Kier molecular flexibility index (Phi) is 5.65. The quantitative estimate of drug-likeness (QED) is 0.166. The molecule has 1 aliphatic rings. The number of benzene rings is 1. The van der Waals surface area contributed by atoms with E-state index in [9.17, 15) is 36.8 Å². The first-order chi connectivity index (χ1) is 16.0. The second kappa shape index (κ2) is 8.22. The highest BCUT2D eigenvalue weighted by molar-refractivity contribution is 7.19. The van der Waals surface area contributed by atoms with Gasteiger partial charge < -0.3 is 4.57 Å². The van der Waals surface area contributed by atoms with Crippen molar-refractivity contribution in [2.75, 3.05) is 6.54 Å². The van der Waals surface area contributed by atoms with Crippen molar-refractivity contribution in [1.82, 2.24) is 9.47 Å². The van der Waals surface area contributed by atoms with Gasteiger partial charge in [0.2, 0.25) is 5.82 Å². The standard InChI is InChI=1S/C23H14F5N3O2S/c1-4-31-22(32)11(9(2)12(8-29)23(31)33)5-10-6-13-15(34-10)7-14(30(13)3)16-17(24)19(26)21(28)20(27)18(16)25/h5-7H,4H2,1-3H3/b11-5-. The Morgan fingerprint density at radius 2 is 1.59 bits per heavy atom. The molecular weight excluding hydrogens is 477 g/mol. The molecule has 1 aromatic carbocycles. The maximum absolute atomic E-state index is 14.3. The zero-order valence-electron chi connectivity index (χ0n) is 17.9. The molecular formula is C23H14F5N3O2S. The maximum Gasteiger partial charge on any atom is 0.271 e. The van der Waals surface area contributed by atoms with Gasteiger partial charge in [-0.1, -0.05) is 0 Å². The van der Waals surface area contributed by atoms with E-state index in [4.69, 9.17) is 0 Å². The van der Waals surface area contributed by atoms with Crippen LogP contribution in [0.15, 0.2) is 28.9 Å². The monoisotopic (exact) mass is 491 g/mol.